The molecule has 30 heavy (non-hydrogen) atoms. The van der Waals surface area contributed by atoms with Gasteiger partial charge in [-0.1, -0.05) is 34.5 Å². The summed E-state index contributed by atoms with van der Waals surface area (Å²) in [4.78, 5) is 16.4. The minimum absolute atomic E-state index is 0.0270. The Balaban J connectivity index is 2.06. The van der Waals surface area contributed by atoms with E-state index in [1.165, 1.54) is 18.2 Å². The number of thioether (sulfide) groups is 1. The largest absolute Gasteiger partial charge is 0.445 e. The monoisotopic (exact) mass is 494 g/mol. The number of alkyl halides is 3. The summed E-state index contributed by atoms with van der Waals surface area (Å²) in [6, 6.07) is 4.56. The Labute approximate surface area is 188 Å². The maximum Gasteiger partial charge on any atom is 0.445 e. The van der Waals surface area contributed by atoms with E-state index in [1.807, 2.05) is 13.2 Å². The predicted octanol–water partition coefficient (Wildman–Crippen LogP) is 5.66. The number of halogens is 5. The van der Waals surface area contributed by atoms with Crippen molar-refractivity contribution in [2.75, 3.05) is 12.0 Å². The van der Waals surface area contributed by atoms with E-state index >= 15 is 0 Å². The zero-order valence-electron chi connectivity index (χ0n) is 15.6. The van der Waals surface area contributed by atoms with Crippen molar-refractivity contribution in [1.29, 1.82) is 0 Å². The smallest absolute Gasteiger partial charge is 0.349 e. The maximum absolute atomic E-state index is 13.1. The molecule has 5 nitrogen and oxygen atoms in total. The molecule has 160 valence electrons. The van der Waals surface area contributed by atoms with E-state index in [2.05, 4.69) is 15.4 Å². The molecule has 1 amide bonds. The van der Waals surface area contributed by atoms with Crippen LogP contribution in [0.2, 0.25) is 10.0 Å². The molecule has 2 heterocycles. The van der Waals surface area contributed by atoms with Crippen molar-refractivity contribution in [2.45, 2.75) is 19.1 Å². The van der Waals surface area contributed by atoms with E-state index in [9.17, 15) is 18.0 Å². The topological polar surface area (TPSA) is 59.3 Å². The number of aromatic nitrogens is 3. The fraction of sp³-hybridized carbons (Fsp3) is 0.278. The second kappa shape index (κ2) is 9.17. The van der Waals surface area contributed by atoms with Crippen molar-refractivity contribution < 1.29 is 18.0 Å². The number of nitrogens with one attached hydrogen (secondary N) is 1. The molecule has 0 unspecified atom stereocenters. The van der Waals surface area contributed by atoms with Crippen LogP contribution in [-0.2, 0) is 11.0 Å². The standard InChI is InChI=1S/C18H15Cl2F3N4OS2/c1-9(8-29-2)24-14(28)6-5-13-15(11-4-3-10(19)7-12(11)20)27-17(25-13)30-16(26-27)18(21,22)23/h3-7,9H,8H2,1-2H3,(H,24,28)/b6-5+/t9-/m0/s1. The van der Waals surface area contributed by atoms with Crippen LogP contribution in [0.15, 0.2) is 24.3 Å². The second-order valence-electron chi connectivity index (χ2n) is 6.27. The molecule has 1 aromatic carbocycles. The number of hydrogen-bond donors (Lipinski definition) is 1. The molecule has 0 aliphatic rings. The molecule has 0 aliphatic heterocycles. The summed E-state index contributed by atoms with van der Waals surface area (Å²) in [6.45, 7) is 1.87. The zero-order valence-corrected chi connectivity index (χ0v) is 18.8. The van der Waals surface area contributed by atoms with E-state index < -0.39 is 11.2 Å². The molecule has 1 atom stereocenters. The SMILES string of the molecule is CSC[C@H](C)NC(=O)/C=C/c1nc2sc(C(F)(F)F)nn2c1-c1ccc(Cl)cc1Cl. The van der Waals surface area contributed by atoms with E-state index in [0.717, 1.165) is 10.3 Å². The number of imidazole rings is 1. The van der Waals surface area contributed by atoms with Gasteiger partial charge in [-0.25, -0.2) is 9.50 Å². The normalized spacial score (nSPS) is 13.3. The Morgan fingerprint density at radius 3 is 2.77 bits per heavy atom. The van der Waals surface area contributed by atoms with Crippen LogP contribution in [0, 0.1) is 0 Å². The first-order valence-electron chi connectivity index (χ1n) is 8.50. The molecule has 0 spiro atoms. The summed E-state index contributed by atoms with van der Waals surface area (Å²) in [6.07, 6.45) is 0.0355. The first kappa shape index (κ1) is 22.9. The highest BCUT2D eigenvalue weighted by molar-refractivity contribution is 7.98. The van der Waals surface area contributed by atoms with Gasteiger partial charge in [-0.2, -0.15) is 24.9 Å². The minimum atomic E-state index is -4.60. The predicted molar refractivity (Wildman–Crippen MR) is 116 cm³/mol. The van der Waals surface area contributed by atoms with E-state index in [1.54, 1.807) is 23.9 Å². The number of carbonyl (C=O) groups is 1. The summed E-state index contributed by atoms with van der Waals surface area (Å²) >= 11 is 14.2. The lowest BCUT2D eigenvalue weighted by molar-refractivity contribution is -0.138. The van der Waals surface area contributed by atoms with Gasteiger partial charge < -0.3 is 5.32 Å². The molecule has 0 radical (unpaired) electrons. The third kappa shape index (κ3) is 5.11. The van der Waals surface area contributed by atoms with Gasteiger partial charge in [0.05, 0.1) is 10.7 Å². The number of rotatable bonds is 6. The van der Waals surface area contributed by atoms with Crippen LogP contribution in [0.1, 0.15) is 17.6 Å². The third-order valence-corrected chi connectivity index (χ3v) is 6.19. The van der Waals surface area contributed by atoms with Crippen LogP contribution in [0.5, 0.6) is 0 Å². The molecule has 0 aliphatic carbocycles. The van der Waals surface area contributed by atoms with Gasteiger partial charge >= 0.3 is 6.18 Å². The number of nitrogens with zero attached hydrogens (tertiary/aromatic N) is 3. The van der Waals surface area contributed by atoms with Crippen LogP contribution in [0.3, 0.4) is 0 Å². The molecule has 1 N–H and O–H groups in total. The Morgan fingerprint density at radius 2 is 2.13 bits per heavy atom. The molecular weight excluding hydrogens is 480 g/mol. The van der Waals surface area contributed by atoms with Gasteiger partial charge in [-0.3, -0.25) is 4.79 Å². The molecule has 0 bridgehead atoms. The highest BCUT2D eigenvalue weighted by Crippen LogP contribution is 2.38. The highest BCUT2D eigenvalue weighted by Gasteiger charge is 2.36. The van der Waals surface area contributed by atoms with Crippen molar-refractivity contribution in [3.63, 3.8) is 0 Å². The van der Waals surface area contributed by atoms with Gasteiger partial charge in [0.15, 0.2) is 0 Å². The quantitative estimate of drug-likeness (QED) is 0.448. The average Bonchev–Trinajstić information content (AvgIpc) is 3.18. The number of benzene rings is 1. The summed E-state index contributed by atoms with van der Waals surface area (Å²) in [5.74, 6) is 0.403. The number of fused-ring (bicyclic) bond motifs is 1. The van der Waals surface area contributed by atoms with Gasteiger partial charge in [0.1, 0.15) is 5.69 Å². The third-order valence-electron chi connectivity index (χ3n) is 3.86. The van der Waals surface area contributed by atoms with Gasteiger partial charge in [0.2, 0.25) is 15.9 Å². The van der Waals surface area contributed by atoms with Crippen LogP contribution in [-0.4, -0.2) is 38.6 Å². The first-order chi connectivity index (χ1) is 14.1. The zero-order chi connectivity index (χ0) is 22.1. The van der Waals surface area contributed by atoms with Gasteiger partial charge in [-0.05, 0) is 37.5 Å². The van der Waals surface area contributed by atoms with Crippen molar-refractivity contribution in [1.82, 2.24) is 19.9 Å². The van der Waals surface area contributed by atoms with Crippen molar-refractivity contribution in [2.24, 2.45) is 0 Å². The Morgan fingerprint density at radius 1 is 1.40 bits per heavy atom. The minimum Gasteiger partial charge on any atom is -0.349 e. The Kier molecular flexibility index (Phi) is 7.01. The molecule has 0 saturated heterocycles. The van der Waals surface area contributed by atoms with Gasteiger partial charge in [-0.15, -0.1) is 5.10 Å². The second-order valence-corrected chi connectivity index (χ2v) is 8.98. The molecule has 2 aromatic heterocycles. The van der Waals surface area contributed by atoms with Gasteiger partial charge in [0.25, 0.3) is 0 Å². The van der Waals surface area contributed by atoms with Crippen LogP contribution in [0.25, 0.3) is 22.3 Å². The summed E-state index contributed by atoms with van der Waals surface area (Å²) in [5, 5.41) is 6.02. The molecular formula is C18H15Cl2F3N4OS2. The van der Waals surface area contributed by atoms with Crippen molar-refractivity contribution in [3.8, 4) is 11.3 Å². The van der Waals surface area contributed by atoms with Crippen molar-refractivity contribution >= 4 is 63.2 Å². The van der Waals surface area contributed by atoms with Crippen LogP contribution < -0.4 is 5.32 Å². The summed E-state index contributed by atoms with van der Waals surface area (Å²) in [5.41, 5.74) is 0.891. The number of carbonyl (C=O) groups excluding carboxylic acids is 1. The summed E-state index contributed by atoms with van der Waals surface area (Å²) in [7, 11) is 0. The Hall–Kier alpha value is -1.75. The Bertz CT molecular complexity index is 1110. The molecule has 0 saturated carbocycles. The fourth-order valence-corrected chi connectivity index (χ4v) is 4.52. The van der Waals surface area contributed by atoms with Crippen LogP contribution in [0.4, 0.5) is 13.2 Å². The van der Waals surface area contributed by atoms with E-state index in [-0.39, 0.29) is 33.3 Å². The highest BCUT2D eigenvalue weighted by atomic mass is 35.5. The lowest BCUT2D eigenvalue weighted by atomic mass is 10.1. The first-order valence-corrected chi connectivity index (χ1v) is 11.5. The number of hydrogen-bond acceptors (Lipinski definition) is 5. The molecule has 12 heteroatoms. The lowest BCUT2D eigenvalue weighted by Crippen LogP contribution is -2.32. The average molecular weight is 495 g/mol. The van der Waals surface area contributed by atoms with E-state index in [4.69, 9.17) is 23.2 Å². The lowest BCUT2D eigenvalue weighted by Gasteiger charge is -2.10. The maximum atomic E-state index is 13.1. The fourth-order valence-electron chi connectivity index (χ4n) is 2.67. The summed E-state index contributed by atoms with van der Waals surface area (Å²) < 4.78 is 40.4. The molecule has 0 fully saturated rings. The molecule has 3 aromatic rings. The van der Waals surface area contributed by atoms with Gasteiger partial charge in [0, 0.05) is 28.5 Å². The van der Waals surface area contributed by atoms with Crippen LogP contribution >= 0.6 is 46.3 Å². The van der Waals surface area contributed by atoms with Crippen molar-refractivity contribution in [3.05, 3.63) is 45.0 Å². The number of amides is 1. The molecule has 3 rings (SSSR count). The van der Waals surface area contributed by atoms with E-state index in [0.29, 0.717) is 21.9 Å².